The van der Waals surface area contributed by atoms with E-state index in [2.05, 4.69) is 26.3 Å². The van der Waals surface area contributed by atoms with Crippen molar-refractivity contribution >= 4 is 23.9 Å². The Morgan fingerprint density at radius 3 is 1.31 bits per heavy atom. The number of rotatable bonds is 20. The van der Waals surface area contributed by atoms with Crippen molar-refractivity contribution in [2.24, 2.45) is 0 Å². The first-order valence-corrected chi connectivity index (χ1v) is 11.1. The summed E-state index contributed by atoms with van der Waals surface area (Å²) in [5, 5.41) is 0. The lowest BCUT2D eigenvalue weighted by molar-refractivity contribution is -0.176. The summed E-state index contributed by atoms with van der Waals surface area (Å²) >= 11 is 0. The van der Waals surface area contributed by atoms with Crippen molar-refractivity contribution in [3.63, 3.8) is 0 Å². The van der Waals surface area contributed by atoms with E-state index in [0.29, 0.717) is 38.9 Å². The molecule has 196 valence electrons. The maximum Gasteiger partial charge on any atom is 0.347 e. The lowest BCUT2D eigenvalue weighted by Gasteiger charge is -2.22. The standard InChI is InChI=1S/C25H36O10/c1-7-30-13-9-11-15-32-24(28)20(34-22(26)18(3)4)17-21(35-23(27)19(5)6)25(29)33-16-12-10-14-31-8-2/h7-8,20-21H,1-3,5,9-17H2,4,6H3. The molecule has 10 heteroatoms. The normalized spacial score (nSPS) is 11.7. The second-order valence-electron chi connectivity index (χ2n) is 7.41. The summed E-state index contributed by atoms with van der Waals surface area (Å²) in [6.07, 6.45) is 1.17. The van der Waals surface area contributed by atoms with E-state index in [-0.39, 0.29) is 24.4 Å². The van der Waals surface area contributed by atoms with Crippen LogP contribution in [0.2, 0.25) is 0 Å². The van der Waals surface area contributed by atoms with Crippen molar-refractivity contribution < 1.29 is 47.6 Å². The van der Waals surface area contributed by atoms with E-state index < -0.39 is 42.5 Å². The monoisotopic (exact) mass is 496 g/mol. The van der Waals surface area contributed by atoms with E-state index in [4.69, 9.17) is 28.4 Å². The molecular formula is C25H36O10. The second kappa shape index (κ2) is 18.8. The Morgan fingerprint density at radius 1 is 0.657 bits per heavy atom. The molecule has 35 heavy (non-hydrogen) atoms. The molecule has 0 aromatic carbocycles. The van der Waals surface area contributed by atoms with Crippen LogP contribution >= 0.6 is 0 Å². The SMILES string of the molecule is C=COCCCCOC(=O)C(CC(OC(=O)C(=C)C)C(=O)OCCCCOC=C)OC(=O)C(=C)C. The van der Waals surface area contributed by atoms with Gasteiger partial charge in [-0.05, 0) is 39.5 Å². The van der Waals surface area contributed by atoms with Gasteiger partial charge in [0.1, 0.15) is 0 Å². The lowest BCUT2D eigenvalue weighted by atomic mass is 10.1. The van der Waals surface area contributed by atoms with Gasteiger partial charge >= 0.3 is 23.9 Å². The fourth-order valence-corrected chi connectivity index (χ4v) is 2.31. The zero-order valence-corrected chi connectivity index (χ0v) is 20.6. The number of carbonyl (C=O) groups is 4. The van der Waals surface area contributed by atoms with Gasteiger partial charge in [0.05, 0.1) is 39.0 Å². The van der Waals surface area contributed by atoms with Crippen LogP contribution in [0.4, 0.5) is 0 Å². The predicted molar refractivity (Wildman–Crippen MR) is 127 cm³/mol. The van der Waals surface area contributed by atoms with Gasteiger partial charge in [0.15, 0.2) is 0 Å². The molecule has 0 rings (SSSR count). The number of ether oxygens (including phenoxy) is 6. The molecule has 0 fully saturated rings. The third-order valence-electron chi connectivity index (χ3n) is 4.19. The van der Waals surface area contributed by atoms with Crippen molar-refractivity contribution in [3.05, 3.63) is 50.0 Å². The van der Waals surface area contributed by atoms with Crippen LogP contribution in [0.5, 0.6) is 0 Å². The Kier molecular flexibility index (Phi) is 16.9. The van der Waals surface area contributed by atoms with Crippen LogP contribution in [0.25, 0.3) is 0 Å². The molecule has 0 N–H and O–H groups in total. The molecule has 0 heterocycles. The molecule has 0 aromatic heterocycles. The van der Waals surface area contributed by atoms with Crippen LogP contribution in [0.3, 0.4) is 0 Å². The number of esters is 4. The molecule has 0 aliphatic carbocycles. The van der Waals surface area contributed by atoms with Crippen LogP contribution < -0.4 is 0 Å². The molecule has 0 saturated carbocycles. The molecule has 10 nitrogen and oxygen atoms in total. The van der Waals surface area contributed by atoms with Crippen molar-refractivity contribution in [2.45, 2.75) is 58.2 Å². The molecule has 0 bridgehead atoms. The maximum atomic E-state index is 12.6. The van der Waals surface area contributed by atoms with Gasteiger partial charge < -0.3 is 28.4 Å². The minimum Gasteiger partial charge on any atom is -0.502 e. The average molecular weight is 497 g/mol. The molecule has 0 saturated heterocycles. The third kappa shape index (κ3) is 15.1. The first-order chi connectivity index (χ1) is 16.6. The van der Waals surface area contributed by atoms with E-state index in [9.17, 15) is 19.2 Å². The van der Waals surface area contributed by atoms with Crippen molar-refractivity contribution in [3.8, 4) is 0 Å². The van der Waals surface area contributed by atoms with Crippen molar-refractivity contribution in [2.75, 3.05) is 26.4 Å². The first kappa shape index (κ1) is 31.4. The number of hydrogen-bond donors (Lipinski definition) is 0. The first-order valence-electron chi connectivity index (χ1n) is 11.1. The fraction of sp³-hybridized carbons (Fsp3) is 0.520. The highest BCUT2D eigenvalue weighted by atomic mass is 16.6. The van der Waals surface area contributed by atoms with Gasteiger partial charge in [-0.1, -0.05) is 26.3 Å². The number of carbonyl (C=O) groups excluding carboxylic acids is 4. The molecule has 0 aliphatic rings. The van der Waals surface area contributed by atoms with Crippen LogP contribution in [-0.4, -0.2) is 62.5 Å². The number of unbranched alkanes of at least 4 members (excludes halogenated alkanes) is 2. The van der Waals surface area contributed by atoms with Crippen molar-refractivity contribution in [1.82, 2.24) is 0 Å². The average Bonchev–Trinajstić information content (AvgIpc) is 2.81. The Balaban J connectivity index is 5.28. The summed E-state index contributed by atoms with van der Waals surface area (Å²) in [5.74, 6) is -3.55. The van der Waals surface area contributed by atoms with Crippen LogP contribution in [0, 0.1) is 0 Å². The van der Waals surface area contributed by atoms with Gasteiger partial charge in [0, 0.05) is 17.6 Å². The zero-order valence-electron chi connectivity index (χ0n) is 20.6. The Morgan fingerprint density at radius 2 is 1.00 bits per heavy atom. The summed E-state index contributed by atoms with van der Waals surface area (Å²) in [5.41, 5.74) is 0.0633. The zero-order chi connectivity index (χ0) is 26.6. The molecule has 0 radical (unpaired) electrons. The molecule has 2 atom stereocenters. The minimum atomic E-state index is -1.54. The number of hydrogen-bond acceptors (Lipinski definition) is 10. The van der Waals surface area contributed by atoms with Gasteiger partial charge in [-0.2, -0.15) is 0 Å². The summed E-state index contributed by atoms with van der Waals surface area (Å²) in [7, 11) is 0. The van der Waals surface area contributed by atoms with E-state index in [0.717, 1.165) is 0 Å². The minimum absolute atomic E-state index is 0.0217. The lowest BCUT2D eigenvalue weighted by Crippen LogP contribution is -2.39. The largest absolute Gasteiger partial charge is 0.502 e. The van der Waals surface area contributed by atoms with Gasteiger partial charge in [0.2, 0.25) is 12.2 Å². The summed E-state index contributed by atoms with van der Waals surface area (Å²) in [4.78, 5) is 49.4. The van der Waals surface area contributed by atoms with Gasteiger partial charge in [-0.25, -0.2) is 19.2 Å². The summed E-state index contributed by atoms with van der Waals surface area (Å²) in [6.45, 7) is 17.4. The molecule has 0 spiro atoms. The Hall–Kier alpha value is -3.56. The highest BCUT2D eigenvalue weighted by Crippen LogP contribution is 2.15. The van der Waals surface area contributed by atoms with Crippen LogP contribution in [0.1, 0.15) is 46.0 Å². The Bertz CT molecular complexity index is 693. The van der Waals surface area contributed by atoms with Crippen LogP contribution in [0.15, 0.2) is 50.0 Å². The highest BCUT2D eigenvalue weighted by Gasteiger charge is 2.35. The molecule has 0 aliphatic heterocycles. The summed E-state index contributed by atoms with van der Waals surface area (Å²) < 4.78 is 30.7. The summed E-state index contributed by atoms with van der Waals surface area (Å²) in [6, 6.07) is 0. The molecule has 2 unspecified atom stereocenters. The molecule has 0 aromatic rings. The van der Waals surface area contributed by atoms with Crippen molar-refractivity contribution in [1.29, 1.82) is 0 Å². The second-order valence-corrected chi connectivity index (χ2v) is 7.41. The third-order valence-corrected chi connectivity index (χ3v) is 4.19. The molecule has 0 amide bonds. The highest BCUT2D eigenvalue weighted by molar-refractivity contribution is 5.91. The van der Waals surface area contributed by atoms with E-state index in [1.54, 1.807) is 0 Å². The van der Waals surface area contributed by atoms with E-state index >= 15 is 0 Å². The molecular weight excluding hydrogens is 460 g/mol. The van der Waals surface area contributed by atoms with Gasteiger partial charge in [-0.3, -0.25) is 0 Å². The maximum absolute atomic E-state index is 12.6. The van der Waals surface area contributed by atoms with Gasteiger partial charge in [0.25, 0.3) is 0 Å². The van der Waals surface area contributed by atoms with Gasteiger partial charge in [-0.15, -0.1) is 0 Å². The Labute approximate surface area is 206 Å². The quantitative estimate of drug-likeness (QED) is 0.0815. The smallest absolute Gasteiger partial charge is 0.347 e. The van der Waals surface area contributed by atoms with E-state index in [1.165, 1.54) is 26.4 Å². The fourth-order valence-electron chi connectivity index (χ4n) is 2.31. The predicted octanol–water partition coefficient (Wildman–Crippen LogP) is 3.32. The topological polar surface area (TPSA) is 124 Å². The van der Waals surface area contributed by atoms with E-state index in [1.807, 2.05) is 0 Å². The van der Waals surface area contributed by atoms with Crippen LogP contribution in [-0.2, 0) is 47.6 Å².